The second kappa shape index (κ2) is 6.75. The molecule has 100 valence electrons. The Labute approximate surface area is 112 Å². The minimum absolute atomic E-state index is 0.0318. The highest BCUT2D eigenvalue weighted by atomic mass is 35.5. The zero-order valence-electron chi connectivity index (χ0n) is 10.1. The third kappa shape index (κ3) is 5.06. The van der Waals surface area contributed by atoms with Crippen LogP contribution in [0.5, 0.6) is 0 Å². The van der Waals surface area contributed by atoms with Gasteiger partial charge in [-0.1, -0.05) is 12.1 Å². The Morgan fingerprint density at radius 1 is 1.33 bits per heavy atom. The van der Waals surface area contributed by atoms with E-state index in [1.807, 2.05) is 0 Å². The van der Waals surface area contributed by atoms with Crippen molar-refractivity contribution in [1.29, 1.82) is 0 Å². The zero-order chi connectivity index (χ0) is 13.6. The fourth-order valence-electron chi connectivity index (χ4n) is 1.42. The molecule has 0 aliphatic rings. The second-order valence-electron chi connectivity index (χ2n) is 3.95. The van der Waals surface area contributed by atoms with Gasteiger partial charge in [0, 0.05) is 17.1 Å². The number of unbranched alkanes of at least 4 members (excludes halogenated alkanes) is 1. The number of hydrogen-bond acceptors (Lipinski definition) is 3. The first kappa shape index (κ1) is 15.0. The molecule has 0 spiro atoms. The van der Waals surface area contributed by atoms with Gasteiger partial charge in [-0.25, -0.2) is 8.42 Å². The molecule has 1 aromatic rings. The molecular weight excluding hydrogens is 274 g/mol. The number of halogens is 1. The summed E-state index contributed by atoms with van der Waals surface area (Å²) >= 11 is 5.49. The molecule has 0 saturated heterocycles. The van der Waals surface area contributed by atoms with Crippen LogP contribution >= 0.6 is 11.6 Å². The van der Waals surface area contributed by atoms with Gasteiger partial charge in [-0.2, -0.15) is 0 Å². The smallest absolute Gasteiger partial charge is 0.232 e. The number of carbonyl (C=O) groups is 1. The quantitative estimate of drug-likeness (QED) is 0.477. The lowest BCUT2D eigenvalue weighted by Crippen LogP contribution is -2.17. The minimum Gasteiger partial charge on any atom is -0.295 e. The summed E-state index contributed by atoms with van der Waals surface area (Å²) in [6.07, 6.45) is 1.18. The second-order valence-corrected chi connectivity index (χ2v) is 6.17. The maximum Gasteiger partial charge on any atom is 0.232 e. The average molecular weight is 290 g/mol. The van der Waals surface area contributed by atoms with Gasteiger partial charge in [0.1, 0.15) is 0 Å². The topological polar surface area (TPSA) is 63.2 Å². The molecule has 0 aliphatic heterocycles. The van der Waals surface area contributed by atoms with Crippen molar-refractivity contribution in [1.82, 2.24) is 0 Å². The molecule has 1 rings (SSSR count). The monoisotopic (exact) mass is 289 g/mol. The average Bonchev–Trinajstić information content (AvgIpc) is 2.28. The Kier molecular flexibility index (Phi) is 5.62. The van der Waals surface area contributed by atoms with Gasteiger partial charge in [0.2, 0.25) is 10.0 Å². The normalized spacial score (nSPS) is 11.2. The lowest BCUT2D eigenvalue weighted by atomic mass is 10.1. The fourth-order valence-corrected chi connectivity index (χ4v) is 2.78. The summed E-state index contributed by atoms with van der Waals surface area (Å²) in [6.45, 7) is 1.44. The van der Waals surface area contributed by atoms with Crippen molar-refractivity contribution in [2.75, 3.05) is 16.4 Å². The molecule has 0 amide bonds. The van der Waals surface area contributed by atoms with E-state index in [9.17, 15) is 13.2 Å². The summed E-state index contributed by atoms with van der Waals surface area (Å²) in [5, 5.41) is 0. The van der Waals surface area contributed by atoms with Crippen molar-refractivity contribution in [3.8, 4) is 0 Å². The van der Waals surface area contributed by atoms with Crippen LogP contribution < -0.4 is 4.72 Å². The SMILES string of the molecule is CC(=O)c1cccc(NS(=O)(=O)CCCCCl)c1. The number of nitrogens with one attached hydrogen (secondary N) is 1. The number of Topliss-reactive ketones (excluding diaryl/α,β-unsaturated/α-hetero) is 1. The van der Waals surface area contributed by atoms with Crippen LogP contribution in [0.3, 0.4) is 0 Å². The molecule has 18 heavy (non-hydrogen) atoms. The molecule has 0 unspecified atom stereocenters. The summed E-state index contributed by atoms with van der Waals surface area (Å²) in [5.74, 6) is 0.387. The van der Waals surface area contributed by atoms with Gasteiger partial charge in [-0.05, 0) is 31.9 Å². The maximum absolute atomic E-state index is 11.7. The molecule has 0 heterocycles. The number of carbonyl (C=O) groups excluding carboxylic acids is 1. The van der Waals surface area contributed by atoms with E-state index in [4.69, 9.17) is 11.6 Å². The van der Waals surface area contributed by atoms with Crippen molar-refractivity contribution in [3.05, 3.63) is 29.8 Å². The highest BCUT2D eigenvalue weighted by Gasteiger charge is 2.10. The van der Waals surface area contributed by atoms with E-state index in [0.29, 0.717) is 30.0 Å². The van der Waals surface area contributed by atoms with Crippen molar-refractivity contribution in [3.63, 3.8) is 0 Å². The molecule has 1 aromatic carbocycles. The number of benzene rings is 1. The van der Waals surface area contributed by atoms with E-state index < -0.39 is 10.0 Å². The number of ketones is 1. The molecule has 0 bridgehead atoms. The summed E-state index contributed by atoms with van der Waals surface area (Å²) in [7, 11) is -3.37. The third-order valence-corrected chi connectivity index (χ3v) is 3.98. The molecule has 1 N–H and O–H groups in total. The van der Waals surface area contributed by atoms with Gasteiger partial charge in [0.25, 0.3) is 0 Å². The molecule has 0 atom stereocenters. The Hall–Kier alpha value is -1.07. The van der Waals surface area contributed by atoms with E-state index in [0.717, 1.165) is 0 Å². The van der Waals surface area contributed by atoms with Crippen molar-refractivity contribution < 1.29 is 13.2 Å². The Morgan fingerprint density at radius 3 is 2.67 bits per heavy atom. The maximum atomic E-state index is 11.7. The molecule has 0 aromatic heterocycles. The predicted octanol–water partition coefficient (Wildman–Crippen LogP) is 2.65. The van der Waals surface area contributed by atoms with Gasteiger partial charge in [0.15, 0.2) is 5.78 Å². The van der Waals surface area contributed by atoms with Gasteiger partial charge < -0.3 is 0 Å². The number of rotatable bonds is 7. The van der Waals surface area contributed by atoms with E-state index in [1.54, 1.807) is 18.2 Å². The van der Waals surface area contributed by atoms with Crippen LogP contribution in [0.4, 0.5) is 5.69 Å². The summed E-state index contributed by atoms with van der Waals surface area (Å²) < 4.78 is 25.9. The van der Waals surface area contributed by atoms with E-state index in [2.05, 4.69) is 4.72 Å². The summed E-state index contributed by atoms with van der Waals surface area (Å²) in [4.78, 5) is 11.2. The number of sulfonamides is 1. The van der Waals surface area contributed by atoms with E-state index >= 15 is 0 Å². The molecule has 0 aliphatic carbocycles. The van der Waals surface area contributed by atoms with E-state index in [1.165, 1.54) is 13.0 Å². The molecular formula is C12H16ClNO3S. The largest absolute Gasteiger partial charge is 0.295 e. The Morgan fingerprint density at radius 2 is 2.06 bits per heavy atom. The van der Waals surface area contributed by atoms with E-state index in [-0.39, 0.29) is 11.5 Å². The van der Waals surface area contributed by atoms with Gasteiger partial charge in [0.05, 0.1) is 5.75 Å². The standard InChI is InChI=1S/C12H16ClNO3S/c1-10(15)11-5-4-6-12(9-11)14-18(16,17)8-3-2-7-13/h4-6,9,14H,2-3,7-8H2,1H3. The van der Waals surface area contributed by atoms with Gasteiger partial charge >= 0.3 is 0 Å². The van der Waals surface area contributed by atoms with Crippen LogP contribution in [-0.2, 0) is 10.0 Å². The van der Waals surface area contributed by atoms with Crippen LogP contribution in [0.2, 0.25) is 0 Å². The number of alkyl halides is 1. The molecule has 0 fully saturated rings. The number of hydrogen-bond donors (Lipinski definition) is 1. The molecule has 0 saturated carbocycles. The van der Waals surface area contributed by atoms with Crippen molar-refractivity contribution in [2.24, 2.45) is 0 Å². The van der Waals surface area contributed by atoms with Crippen LogP contribution in [0.25, 0.3) is 0 Å². The van der Waals surface area contributed by atoms with Gasteiger partial charge in [-0.3, -0.25) is 9.52 Å². The Balaban J connectivity index is 2.72. The minimum atomic E-state index is -3.37. The van der Waals surface area contributed by atoms with Crippen LogP contribution in [0.15, 0.2) is 24.3 Å². The predicted molar refractivity (Wildman–Crippen MR) is 73.8 cm³/mol. The molecule has 6 heteroatoms. The highest BCUT2D eigenvalue weighted by Crippen LogP contribution is 2.13. The first-order chi connectivity index (χ1) is 8.44. The fraction of sp³-hybridized carbons (Fsp3) is 0.417. The lowest BCUT2D eigenvalue weighted by molar-refractivity contribution is 0.101. The first-order valence-electron chi connectivity index (χ1n) is 5.62. The third-order valence-electron chi connectivity index (χ3n) is 2.34. The van der Waals surface area contributed by atoms with Gasteiger partial charge in [-0.15, -0.1) is 11.6 Å². The summed E-state index contributed by atoms with van der Waals surface area (Å²) in [6, 6.07) is 6.44. The van der Waals surface area contributed by atoms with Crippen LogP contribution in [0, 0.1) is 0 Å². The van der Waals surface area contributed by atoms with Crippen LogP contribution in [-0.4, -0.2) is 25.8 Å². The highest BCUT2D eigenvalue weighted by molar-refractivity contribution is 7.92. The van der Waals surface area contributed by atoms with Crippen molar-refractivity contribution in [2.45, 2.75) is 19.8 Å². The summed E-state index contributed by atoms with van der Waals surface area (Å²) in [5.41, 5.74) is 0.893. The first-order valence-corrected chi connectivity index (χ1v) is 7.81. The van der Waals surface area contributed by atoms with Crippen LogP contribution in [0.1, 0.15) is 30.1 Å². The Bertz CT molecular complexity index is 514. The zero-order valence-corrected chi connectivity index (χ0v) is 11.7. The number of anilines is 1. The lowest BCUT2D eigenvalue weighted by Gasteiger charge is -2.08. The molecule has 4 nitrogen and oxygen atoms in total. The molecule has 0 radical (unpaired) electrons. The van der Waals surface area contributed by atoms with Crippen molar-refractivity contribution >= 4 is 33.1 Å².